The van der Waals surface area contributed by atoms with Crippen LogP contribution < -0.4 is 10.6 Å². The quantitative estimate of drug-likeness (QED) is 0.596. The molecule has 18 heavy (non-hydrogen) atoms. The Bertz CT molecular complexity index is 203. The monoisotopic (exact) mass is 256 g/mol. The molecule has 0 aliphatic heterocycles. The second-order valence-corrected chi connectivity index (χ2v) is 5.09. The molecule has 0 spiro atoms. The fraction of sp³-hybridized carbons (Fsp3) is 0.933. The molecule has 0 bridgehead atoms. The number of amides is 1. The highest BCUT2D eigenvalue weighted by molar-refractivity contribution is 5.78. The van der Waals surface area contributed by atoms with Gasteiger partial charge in [0.25, 0.3) is 0 Å². The molecule has 0 radical (unpaired) electrons. The maximum absolute atomic E-state index is 11.8. The highest BCUT2D eigenvalue weighted by Crippen LogP contribution is 2.06. The zero-order valence-electron chi connectivity index (χ0n) is 12.7. The summed E-state index contributed by atoms with van der Waals surface area (Å²) >= 11 is 0. The molecule has 3 heteroatoms. The minimum Gasteiger partial charge on any atom is -0.352 e. The number of nitrogens with one attached hydrogen (secondary N) is 2. The van der Waals surface area contributed by atoms with E-state index in [0.717, 1.165) is 19.3 Å². The smallest absolute Gasteiger partial charge is 0.234 e. The van der Waals surface area contributed by atoms with Gasteiger partial charge in [-0.1, -0.05) is 47.0 Å². The molecule has 108 valence electrons. The average molecular weight is 256 g/mol. The van der Waals surface area contributed by atoms with E-state index in [9.17, 15) is 4.79 Å². The molecule has 0 saturated heterocycles. The summed E-state index contributed by atoms with van der Waals surface area (Å²) in [5.74, 6) is 0.140. The van der Waals surface area contributed by atoms with Gasteiger partial charge < -0.3 is 10.6 Å². The van der Waals surface area contributed by atoms with Crippen LogP contribution in [0.15, 0.2) is 0 Å². The van der Waals surface area contributed by atoms with Crippen molar-refractivity contribution in [1.29, 1.82) is 0 Å². The fourth-order valence-electron chi connectivity index (χ4n) is 2.16. The summed E-state index contributed by atoms with van der Waals surface area (Å²) in [7, 11) is 0. The first-order valence-corrected chi connectivity index (χ1v) is 7.70. The summed E-state index contributed by atoms with van der Waals surface area (Å²) in [5, 5.41) is 6.47. The van der Waals surface area contributed by atoms with Crippen LogP contribution in [-0.2, 0) is 4.79 Å². The number of carbonyl (C=O) groups is 1. The summed E-state index contributed by atoms with van der Waals surface area (Å²) < 4.78 is 0. The zero-order valence-corrected chi connectivity index (χ0v) is 12.7. The van der Waals surface area contributed by atoms with Gasteiger partial charge in [0.05, 0.1) is 6.54 Å². The Morgan fingerprint density at radius 2 is 1.61 bits per heavy atom. The van der Waals surface area contributed by atoms with E-state index in [1.807, 2.05) is 0 Å². The lowest BCUT2D eigenvalue weighted by atomic mass is 10.1. The van der Waals surface area contributed by atoms with E-state index in [0.29, 0.717) is 18.6 Å². The predicted molar refractivity (Wildman–Crippen MR) is 78.7 cm³/mol. The summed E-state index contributed by atoms with van der Waals surface area (Å²) in [6.45, 7) is 9.10. The number of hydrogen-bond acceptors (Lipinski definition) is 2. The van der Waals surface area contributed by atoms with Crippen LogP contribution in [0, 0.1) is 0 Å². The molecular weight excluding hydrogens is 224 g/mol. The summed E-state index contributed by atoms with van der Waals surface area (Å²) in [6, 6.07) is 0.835. The van der Waals surface area contributed by atoms with Crippen molar-refractivity contribution in [2.75, 3.05) is 6.54 Å². The maximum Gasteiger partial charge on any atom is 0.234 e. The third-order valence-corrected chi connectivity index (χ3v) is 3.45. The van der Waals surface area contributed by atoms with Crippen LogP contribution in [0.1, 0.15) is 72.6 Å². The Labute approximate surface area is 113 Å². The van der Waals surface area contributed by atoms with Crippen molar-refractivity contribution in [3.8, 4) is 0 Å². The van der Waals surface area contributed by atoms with Gasteiger partial charge in [-0.05, 0) is 25.7 Å². The van der Waals surface area contributed by atoms with Crippen LogP contribution in [-0.4, -0.2) is 24.5 Å². The third kappa shape index (κ3) is 8.51. The van der Waals surface area contributed by atoms with Gasteiger partial charge in [-0.25, -0.2) is 0 Å². The molecule has 0 aromatic heterocycles. The first-order chi connectivity index (χ1) is 8.67. The van der Waals surface area contributed by atoms with Gasteiger partial charge in [0.15, 0.2) is 0 Å². The van der Waals surface area contributed by atoms with Crippen LogP contribution >= 0.6 is 0 Å². The molecule has 0 aromatic carbocycles. The number of hydrogen-bond donors (Lipinski definition) is 2. The van der Waals surface area contributed by atoms with E-state index >= 15 is 0 Å². The third-order valence-electron chi connectivity index (χ3n) is 3.45. The standard InChI is InChI=1S/C15H32N2O/c1-5-9-11-14(10-6-2)16-12-15(18)17-13(7-3)8-4/h13-14,16H,5-12H2,1-4H3,(H,17,18). The lowest BCUT2D eigenvalue weighted by Gasteiger charge is -2.19. The molecule has 2 N–H and O–H groups in total. The fourth-order valence-corrected chi connectivity index (χ4v) is 2.16. The van der Waals surface area contributed by atoms with Crippen molar-refractivity contribution in [3.63, 3.8) is 0 Å². The van der Waals surface area contributed by atoms with E-state index in [4.69, 9.17) is 0 Å². The van der Waals surface area contributed by atoms with Crippen molar-refractivity contribution in [2.45, 2.75) is 84.7 Å². The Hall–Kier alpha value is -0.570. The molecule has 3 nitrogen and oxygen atoms in total. The van der Waals surface area contributed by atoms with Crippen LogP contribution in [0.2, 0.25) is 0 Å². The van der Waals surface area contributed by atoms with Gasteiger partial charge in [-0.2, -0.15) is 0 Å². The van der Waals surface area contributed by atoms with Crippen molar-refractivity contribution in [3.05, 3.63) is 0 Å². The van der Waals surface area contributed by atoms with Gasteiger partial charge in [-0.15, -0.1) is 0 Å². The van der Waals surface area contributed by atoms with Crippen molar-refractivity contribution < 1.29 is 4.79 Å². The van der Waals surface area contributed by atoms with Crippen molar-refractivity contribution >= 4 is 5.91 Å². The predicted octanol–water partition coefficient (Wildman–Crippen LogP) is 3.24. The van der Waals surface area contributed by atoms with Gasteiger partial charge in [0, 0.05) is 12.1 Å². The van der Waals surface area contributed by atoms with Gasteiger partial charge in [0.1, 0.15) is 0 Å². The first-order valence-electron chi connectivity index (χ1n) is 7.70. The normalized spacial score (nSPS) is 12.7. The van der Waals surface area contributed by atoms with E-state index in [2.05, 4.69) is 38.3 Å². The topological polar surface area (TPSA) is 41.1 Å². The average Bonchev–Trinajstić information content (AvgIpc) is 2.39. The molecule has 0 rings (SSSR count). The SMILES string of the molecule is CCCCC(CCC)NCC(=O)NC(CC)CC. The maximum atomic E-state index is 11.8. The first kappa shape index (κ1) is 17.4. The van der Waals surface area contributed by atoms with E-state index in [1.54, 1.807) is 0 Å². The van der Waals surface area contributed by atoms with Crippen LogP contribution in [0.4, 0.5) is 0 Å². The minimum absolute atomic E-state index is 0.140. The highest BCUT2D eigenvalue weighted by atomic mass is 16.1. The van der Waals surface area contributed by atoms with E-state index < -0.39 is 0 Å². The molecule has 0 fully saturated rings. The molecule has 0 saturated carbocycles. The molecule has 0 heterocycles. The number of rotatable bonds is 11. The Kier molecular flexibility index (Phi) is 11.2. The summed E-state index contributed by atoms with van der Waals surface area (Å²) in [5.41, 5.74) is 0. The van der Waals surface area contributed by atoms with E-state index in [1.165, 1.54) is 25.7 Å². The van der Waals surface area contributed by atoms with Crippen LogP contribution in [0.3, 0.4) is 0 Å². The Morgan fingerprint density at radius 1 is 0.944 bits per heavy atom. The molecule has 0 aromatic rings. The molecule has 1 atom stereocenters. The largest absolute Gasteiger partial charge is 0.352 e. The second kappa shape index (κ2) is 11.5. The molecule has 1 unspecified atom stereocenters. The lowest BCUT2D eigenvalue weighted by Crippen LogP contribution is -2.42. The Balaban J connectivity index is 3.90. The summed E-state index contributed by atoms with van der Waals surface area (Å²) in [4.78, 5) is 11.8. The molecule has 0 aliphatic carbocycles. The number of unbranched alkanes of at least 4 members (excludes halogenated alkanes) is 1. The van der Waals surface area contributed by atoms with Gasteiger partial charge >= 0.3 is 0 Å². The van der Waals surface area contributed by atoms with Gasteiger partial charge in [-0.3, -0.25) is 4.79 Å². The highest BCUT2D eigenvalue weighted by Gasteiger charge is 2.11. The minimum atomic E-state index is 0.140. The van der Waals surface area contributed by atoms with E-state index in [-0.39, 0.29) is 5.91 Å². The Morgan fingerprint density at radius 3 is 2.11 bits per heavy atom. The lowest BCUT2D eigenvalue weighted by molar-refractivity contribution is -0.121. The number of carbonyl (C=O) groups excluding carboxylic acids is 1. The van der Waals surface area contributed by atoms with Crippen molar-refractivity contribution in [2.24, 2.45) is 0 Å². The molecule has 1 amide bonds. The van der Waals surface area contributed by atoms with Gasteiger partial charge in [0.2, 0.25) is 5.91 Å². The molecule has 0 aliphatic rings. The molecular formula is C15H32N2O. The zero-order chi connectivity index (χ0) is 13.8. The second-order valence-electron chi connectivity index (χ2n) is 5.09. The van der Waals surface area contributed by atoms with Crippen molar-refractivity contribution in [1.82, 2.24) is 10.6 Å². The van der Waals surface area contributed by atoms with Crippen LogP contribution in [0.5, 0.6) is 0 Å². The summed E-state index contributed by atoms with van der Waals surface area (Å²) in [6.07, 6.45) is 8.01. The van der Waals surface area contributed by atoms with Crippen LogP contribution in [0.25, 0.3) is 0 Å².